The van der Waals surface area contributed by atoms with E-state index in [4.69, 9.17) is 0 Å². The van der Waals surface area contributed by atoms with Crippen molar-refractivity contribution in [2.75, 3.05) is 24.7 Å². The number of urea groups is 1. The van der Waals surface area contributed by atoms with Crippen molar-refractivity contribution in [3.05, 3.63) is 59.7 Å². The molecule has 1 aliphatic heterocycles. The molecular formula is C28H37N3O2S. The SMILES string of the molecule is CCSc1ccc(NC(=O)N(C)Cc2ccc(C(=O)N3CC4(C)CC3CC(C)(C)C4)cc2)cc1. The third-order valence-electron chi connectivity index (χ3n) is 7.06. The van der Waals surface area contributed by atoms with Crippen molar-refractivity contribution in [1.82, 2.24) is 9.80 Å². The Labute approximate surface area is 208 Å². The van der Waals surface area contributed by atoms with Gasteiger partial charge in [0.1, 0.15) is 0 Å². The topological polar surface area (TPSA) is 52.7 Å². The zero-order valence-electron chi connectivity index (χ0n) is 21.1. The van der Waals surface area contributed by atoms with Crippen molar-refractivity contribution < 1.29 is 9.59 Å². The molecule has 1 aliphatic carbocycles. The van der Waals surface area contributed by atoms with Crippen molar-refractivity contribution in [3.8, 4) is 0 Å². The molecule has 34 heavy (non-hydrogen) atoms. The summed E-state index contributed by atoms with van der Waals surface area (Å²) in [4.78, 5) is 30.9. The Bertz CT molecular complexity index is 1030. The van der Waals surface area contributed by atoms with E-state index >= 15 is 0 Å². The molecule has 2 bridgehead atoms. The largest absolute Gasteiger partial charge is 0.335 e. The van der Waals surface area contributed by atoms with Crippen LogP contribution in [-0.2, 0) is 6.54 Å². The molecule has 2 fully saturated rings. The predicted molar refractivity (Wildman–Crippen MR) is 140 cm³/mol. The highest BCUT2D eigenvalue weighted by atomic mass is 32.2. The molecule has 2 aliphatic rings. The molecule has 1 N–H and O–H groups in total. The van der Waals surface area contributed by atoms with Crippen molar-refractivity contribution in [2.24, 2.45) is 10.8 Å². The first-order chi connectivity index (χ1) is 16.1. The fraction of sp³-hybridized carbons (Fsp3) is 0.500. The van der Waals surface area contributed by atoms with Gasteiger partial charge in [-0.2, -0.15) is 0 Å². The molecule has 1 saturated carbocycles. The van der Waals surface area contributed by atoms with Gasteiger partial charge in [0.05, 0.1) is 0 Å². The highest BCUT2D eigenvalue weighted by molar-refractivity contribution is 7.99. The number of carbonyl (C=O) groups is 2. The Hall–Kier alpha value is -2.47. The van der Waals surface area contributed by atoms with Crippen LogP contribution in [0.1, 0.15) is 62.9 Å². The molecular weight excluding hydrogens is 442 g/mol. The minimum atomic E-state index is -0.156. The van der Waals surface area contributed by atoms with Crippen LogP contribution in [0, 0.1) is 10.8 Å². The highest BCUT2D eigenvalue weighted by Crippen LogP contribution is 2.52. The molecule has 5 nitrogen and oxygen atoms in total. The zero-order chi connectivity index (χ0) is 24.5. The Morgan fingerprint density at radius 3 is 2.38 bits per heavy atom. The first-order valence-corrected chi connectivity index (χ1v) is 13.2. The molecule has 3 amide bonds. The summed E-state index contributed by atoms with van der Waals surface area (Å²) in [5.41, 5.74) is 3.03. The molecule has 182 valence electrons. The Morgan fingerprint density at radius 2 is 1.74 bits per heavy atom. The highest BCUT2D eigenvalue weighted by Gasteiger charge is 2.51. The number of amides is 3. The van der Waals surface area contributed by atoms with Gasteiger partial charge in [-0.3, -0.25) is 4.79 Å². The van der Waals surface area contributed by atoms with Crippen LogP contribution in [0.25, 0.3) is 0 Å². The summed E-state index contributed by atoms with van der Waals surface area (Å²) in [7, 11) is 1.78. The minimum Gasteiger partial charge on any atom is -0.335 e. The first-order valence-electron chi connectivity index (χ1n) is 12.2. The maximum atomic E-state index is 13.3. The second-order valence-electron chi connectivity index (χ2n) is 11.1. The number of hydrogen-bond donors (Lipinski definition) is 1. The zero-order valence-corrected chi connectivity index (χ0v) is 21.9. The van der Waals surface area contributed by atoms with E-state index in [1.807, 2.05) is 48.5 Å². The van der Waals surface area contributed by atoms with Crippen molar-refractivity contribution in [3.63, 3.8) is 0 Å². The summed E-state index contributed by atoms with van der Waals surface area (Å²) in [5.74, 6) is 1.16. The maximum absolute atomic E-state index is 13.3. The Kier molecular flexibility index (Phi) is 6.99. The van der Waals surface area contributed by atoms with E-state index in [0.717, 1.165) is 42.0 Å². The maximum Gasteiger partial charge on any atom is 0.321 e. The minimum absolute atomic E-state index is 0.133. The van der Waals surface area contributed by atoms with Gasteiger partial charge in [0, 0.05) is 42.3 Å². The number of nitrogens with zero attached hydrogens (tertiary/aromatic N) is 2. The van der Waals surface area contributed by atoms with E-state index < -0.39 is 0 Å². The second-order valence-corrected chi connectivity index (χ2v) is 12.4. The van der Waals surface area contributed by atoms with E-state index in [1.54, 1.807) is 23.7 Å². The average molecular weight is 480 g/mol. The summed E-state index contributed by atoms with van der Waals surface area (Å²) >= 11 is 1.78. The molecule has 0 radical (unpaired) electrons. The molecule has 2 unspecified atom stereocenters. The van der Waals surface area contributed by atoms with E-state index in [9.17, 15) is 9.59 Å². The van der Waals surface area contributed by atoms with Crippen molar-refractivity contribution in [2.45, 2.75) is 64.4 Å². The lowest BCUT2D eigenvalue weighted by atomic mass is 9.65. The summed E-state index contributed by atoms with van der Waals surface area (Å²) in [6.07, 6.45) is 3.36. The first kappa shape index (κ1) is 24.6. The number of fused-ring (bicyclic) bond motifs is 2. The van der Waals surface area contributed by atoms with E-state index in [1.165, 1.54) is 11.3 Å². The summed E-state index contributed by atoms with van der Waals surface area (Å²) < 4.78 is 0. The number of thioether (sulfide) groups is 1. The smallest absolute Gasteiger partial charge is 0.321 e. The van der Waals surface area contributed by atoms with Crippen LogP contribution in [0.15, 0.2) is 53.4 Å². The average Bonchev–Trinajstić information content (AvgIpc) is 3.03. The standard InChI is InChI=1S/C28H37N3O2S/c1-6-34-24-13-11-22(12-14-24)29-26(33)30(5)17-20-7-9-21(10-8-20)25(32)31-19-28(4)16-23(31)15-27(2,3)18-28/h7-14,23H,6,15-19H2,1-5H3,(H,29,33). The lowest BCUT2D eigenvalue weighted by molar-refractivity contribution is 0.0708. The number of nitrogens with one attached hydrogen (secondary N) is 1. The molecule has 2 atom stereocenters. The van der Waals surface area contributed by atoms with Crippen molar-refractivity contribution >= 4 is 29.4 Å². The monoisotopic (exact) mass is 479 g/mol. The van der Waals surface area contributed by atoms with Crippen LogP contribution in [0.2, 0.25) is 0 Å². The molecule has 2 aromatic rings. The molecule has 6 heteroatoms. The van der Waals surface area contributed by atoms with E-state index in [2.05, 4.69) is 37.9 Å². The summed E-state index contributed by atoms with van der Waals surface area (Å²) in [5, 5.41) is 2.95. The Balaban J connectivity index is 1.34. The van der Waals surface area contributed by atoms with Gasteiger partial charge in [0.15, 0.2) is 0 Å². The van der Waals surface area contributed by atoms with Gasteiger partial charge in [-0.05, 0) is 77.8 Å². The quantitative estimate of drug-likeness (QED) is 0.481. The van der Waals surface area contributed by atoms with Gasteiger partial charge < -0.3 is 15.1 Å². The van der Waals surface area contributed by atoms with Gasteiger partial charge in [0.25, 0.3) is 5.91 Å². The summed E-state index contributed by atoms with van der Waals surface area (Å²) in [6.45, 7) is 10.4. The molecule has 2 aromatic carbocycles. The van der Waals surface area contributed by atoms with Gasteiger partial charge in [-0.25, -0.2) is 4.79 Å². The van der Waals surface area contributed by atoms with E-state index in [0.29, 0.717) is 12.6 Å². The molecule has 0 spiro atoms. The second kappa shape index (κ2) is 9.65. The lowest BCUT2D eigenvalue weighted by Gasteiger charge is -2.39. The van der Waals surface area contributed by atoms with E-state index in [-0.39, 0.29) is 22.8 Å². The number of carbonyl (C=O) groups excluding carboxylic acids is 2. The Morgan fingerprint density at radius 1 is 1.06 bits per heavy atom. The van der Waals surface area contributed by atoms with Gasteiger partial charge in [0.2, 0.25) is 0 Å². The fourth-order valence-corrected chi connectivity index (χ4v) is 6.64. The lowest BCUT2D eigenvalue weighted by Crippen LogP contribution is -2.37. The molecule has 4 rings (SSSR count). The van der Waals surface area contributed by atoms with Crippen LogP contribution >= 0.6 is 11.8 Å². The fourth-order valence-electron chi connectivity index (χ4n) is 5.98. The van der Waals surface area contributed by atoms with Crippen LogP contribution in [-0.4, -0.2) is 47.1 Å². The molecule has 0 aromatic heterocycles. The number of benzene rings is 2. The predicted octanol–water partition coefficient (Wildman–Crippen LogP) is 6.50. The number of rotatable bonds is 6. The van der Waals surface area contributed by atoms with Gasteiger partial charge in [-0.15, -0.1) is 11.8 Å². The van der Waals surface area contributed by atoms with Gasteiger partial charge >= 0.3 is 6.03 Å². The van der Waals surface area contributed by atoms with Crippen molar-refractivity contribution in [1.29, 1.82) is 0 Å². The van der Waals surface area contributed by atoms with Gasteiger partial charge in [-0.1, -0.05) is 39.8 Å². The van der Waals surface area contributed by atoms with Crippen LogP contribution in [0.5, 0.6) is 0 Å². The third kappa shape index (κ3) is 5.60. The number of anilines is 1. The number of hydrogen-bond acceptors (Lipinski definition) is 3. The van der Waals surface area contributed by atoms with Crippen LogP contribution in [0.4, 0.5) is 10.5 Å². The molecule has 1 heterocycles. The third-order valence-corrected chi connectivity index (χ3v) is 7.95. The summed E-state index contributed by atoms with van der Waals surface area (Å²) in [6, 6.07) is 15.8. The van der Waals surface area contributed by atoms with Crippen LogP contribution in [0.3, 0.4) is 0 Å². The van der Waals surface area contributed by atoms with Crippen LogP contribution < -0.4 is 5.32 Å². The number of likely N-dealkylation sites (tertiary alicyclic amines) is 1. The molecule has 1 saturated heterocycles. The normalized spacial score (nSPS) is 23.0.